The molecule has 2 aromatic carbocycles. The number of nitrogens with one attached hydrogen (secondary N) is 3. The van der Waals surface area contributed by atoms with Crippen LogP contribution in [0.2, 0.25) is 0 Å². The Bertz CT molecular complexity index is 760. The molecule has 0 saturated carbocycles. The topological polar surface area (TPSA) is 52.7 Å². The molecule has 0 atom stereocenters. The number of hydrogen-bond donors (Lipinski definition) is 3. The minimum absolute atomic E-state index is 0.814. The van der Waals surface area contributed by atoms with Gasteiger partial charge in [0.1, 0.15) is 0 Å². The van der Waals surface area contributed by atoms with Gasteiger partial charge in [0.05, 0.1) is 17.4 Å². The Balaban J connectivity index is 1.62. The van der Waals surface area contributed by atoms with Gasteiger partial charge in [-0.1, -0.05) is 30.3 Å². The van der Waals surface area contributed by atoms with Crippen LogP contribution in [0, 0.1) is 0 Å². The molecular weight excluding hydrogens is 248 g/mol. The summed E-state index contributed by atoms with van der Waals surface area (Å²) in [5, 5.41) is 15.3. The Hall–Kier alpha value is -2.49. The van der Waals surface area contributed by atoms with Gasteiger partial charge >= 0.3 is 0 Å². The molecule has 0 fully saturated rings. The van der Waals surface area contributed by atoms with E-state index in [1.807, 2.05) is 12.3 Å². The number of anilines is 2. The molecule has 0 aliphatic carbocycles. The largest absolute Gasteiger partial charge is 0.384 e. The third-order valence-electron chi connectivity index (χ3n) is 3.88. The molecule has 4 heteroatoms. The molecule has 0 bridgehead atoms. The van der Waals surface area contributed by atoms with Crippen molar-refractivity contribution in [2.75, 3.05) is 17.2 Å². The highest BCUT2D eigenvalue weighted by Crippen LogP contribution is 2.28. The van der Waals surface area contributed by atoms with Gasteiger partial charge in [0.25, 0.3) is 0 Å². The Morgan fingerprint density at radius 2 is 2.10 bits per heavy atom. The second kappa shape index (κ2) is 4.56. The SMILES string of the molecule is c1cc2c(c(CNc3cccc4cn[nH]c34)c1)NCC2. The first kappa shape index (κ1) is 11.3. The highest BCUT2D eigenvalue weighted by molar-refractivity contribution is 5.89. The highest BCUT2D eigenvalue weighted by atomic mass is 15.1. The number of aromatic nitrogens is 2. The number of rotatable bonds is 3. The predicted molar refractivity (Wildman–Crippen MR) is 82.1 cm³/mol. The summed E-state index contributed by atoms with van der Waals surface area (Å²) in [5.74, 6) is 0. The van der Waals surface area contributed by atoms with E-state index in [0.717, 1.165) is 36.1 Å². The number of nitrogens with zero attached hydrogens (tertiary/aromatic N) is 1. The lowest BCUT2D eigenvalue weighted by Crippen LogP contribution is -2.03. The van der Waals surface area contributed by atoms with Gasteiger partial charge in [0, 0.05) is 24.2 Å². The highest BCUT2D eigenvalue weighted by Gasteiger charge is 2.13. The molecule has 1 aromatic heterocycles. The molecule has 4 nitrogen and oxygen atoms in total. The number of fused-ring (bicyclic) bond motifs is 2. The summed E-state index contributed by atoms with van der Waals surface area (Å²) in [6, 6.07) is 12.7. The second-order valence-electron chi connectivity index (χ2n) is 5.12. The van der Waals surface area contributed by atoms with Crippen LogP contribution in [0.25, 0.3) is 10.9 Å². The molecule has 0 amide bonds. The van der Waals surface area contributed by atoms with Crippen LogP contribution in [-0.2, 0) is 13.0 Å². The van der Waals surface area contributed by atoms with Gasteiger partial charge in [-0.15, -0.1) is 0 Å². The van der Waals surface area contributed by atoms with Crippen molar-refractivity contribution in [3.63, 3.8) is 0 Å². The summed E-state index contributed by atoms with van der Waals surface area (Å²) >= 11 is 0. The molecule has 2 heterocycles. The molecule has 0 saturated heterocycles. The van der Waals surface area contributed by atoms with E-state index in [0.29, 0.717) is 0 Å². The van der Waals surface area contributed by atoms with Crippen molar-refractivity contribution in [3.8, 4) is 0 Å². The summed E-state index contributed by atoms with van der Waals surface area (Å²) in [7, 11) is 0. The van der Waals surface area contributed by atoms with E-state index in [-0.39, 0.29) is 0 Å². The van der Waals surface area contributed by atoms with Crippen molar-refractivity contribution in [1.82, 2.24) is 10.2 Å². The summed E-state index contributed by atoms with van der Waals surface area (Å²) in [4.78, 5) is 0. The predicted octanol–water partition coefficient (Wildman–Crippen LogP) is 3.14. The third-order valence-corrected chi connectivity index (χ3v) is 3.88. The van der Waals surface area contributed by atoms with Crippen molar-refractivity contribution < 1.29 is 0 Å². The Labute approximate surface area is 117 Å². The molecule has 20 heavy (non-hydrogen) atoms. The molecule has 100 valence electrons. The second-order valence-corrected chi connectivity index (χ2v) is 5.12. The van der Waals surface area contributed by atoms with Crippen molar-refractivity contribution in [2.45, 2.75) is 13.0 Å². The fourth-order valence-corrected chi connectivity index (χ4v) is 2.86. The Morgan fingerprint density at radius 1 is 1.15 bits per heavy atom. The lowest BCUT2D eigenvalue weighted by Gasteiger charge is -2.11. The van der Waals surface area contributed by atoms with Gasteiger partial charge in [0.2, 0.25) is 0 Å². The molecule has 3 aromatic rings. The molecule has 3 N–H and O–H groups in total. The zero-order valence-electron chi connectivity index (χ0n) is 11.1. The van der Waals surface area contributed by atoms with E-state index in [9.17, 15) is 0 Å². The number of benzene rings is 2. The molecule has 0 unspecified atom stereocenters. The van der Waals surface area contributed by atoms with Gasteiger partial charge in [-0.25, -0.2) is 0 Å². The molecule has 1 aliphatic rings. The van der Waals surface area contributed by atoms with Gasteiger partial charge in [-0.05, 0) is 23.6 Å². The number of para-hydroxylation sites is 2. The first-order valence-electron chi connectivity index (χ1n) is 6.92. The molecule has 0 spiro atoms. The first-order chi connectivity index (χ1) is 9.92. The van der Waals surface area contributed by atoms with Crippen LogP contribution in [0.3, 0.4) is 0 Å². The normalized spacial score (nSPS) is 13.2. The Kier molecular flexibility index (Phi) is 2.59. The smallest absolute Gasteiger partial charge is 0.0881 e. The van der Waals surface area contributed by atoms with Crippen molar-refractivity contribution in [1.29, 1.82) is 0 Å². The van der Waals surface area contributed by atoms with E-state index in [4.69, 9.17) is 0 Å². The number of hydrogen-bond acceptors (Lipinski definition) is 3. The summed E-state index contributed by atoms with van der Waals surface area (Å²) < 4.78 is 0. The lowest BCUT2D eigenvalue weighted by molar-refractivity contribution is 1.11. The van der Waals surface area contributed by atoms with Crippen LogP contribution in [0.15, 0.2) is 42.6 Å². The van der Waals surface area contributed by atoms with Crippen LogP contribution >= 0.6 is 0 Å². The average Bonchev–Trinajstić information content (AvgIpc) is 3.13. The van der Waals surface area contributed by atoms with E-state index in [1.165, 1.54) is 16.8 Å². The summed E-state index contributed by atoms with van der Waals surface area (Å²) in [6.45, 7) is 1.86. The van der Waals surface area contributed by atoms with Crippen LogP contribution in [-0.4, -0.2) is 16.7 Å². The quantitative estimate of drug-likeness (QED) is 0.681. The monoisotopic (exact) mass is 264 g/mol. The van der Waals surface area contributed by atoms with Crippen LogP contribution in [0.1, 0.15) is 11.1 Å². The third kappa shape index (κ3) is 1.81. The van der Waals surface area contributed by atoms with Crippen LogP contribution < -0.4 is 10.6 Å². The maximum atomic E-state index is 4.10. The standard InChI is InChI=1S/C16H16N4/c1-3-11-7-8-17-15(11)12(4-1)9-18-14-6-2-5-13-10-19-20-16(13)14/h1-6,10,17-18H,7-9H2,(H,19,20). The summed E-state index contributed by atoms with van der Waals surface area (Å²) in [5.41, 5.74) is 6.20. The average molecular weight is 264 g/mol. The van der Waals surface area contributed by atoms with Crippen molar-refractivity contribution in [3.05, 3.63) is 53.7 Å². The van der Waals surface area contributed by atoms with Crippen molar-refractivity contribution >= 4 is 22.3 Å². The van der Waals surface area contributed by atoms with Gasteiger partial charge < -0.3 is 10.6 Å². The fraction of sp³-hybridized carbons (Fsp3) is 0.188. The van der Waals surface area contributed by atoms with E-state index >= 15 is 0 Å². The van der Waals surface area contributed by atoms with E-state index in [2.05, 4.69) is 51.2 Å². The molecular formula is C16H16N4. The maximum absolute atomic E-state index is 4.10. The zero-order chi connectivity index (χ0) is 13.4. The van der Waals surface area contributed by atoms with Gasteiger partial charge in [-0.3, -0.25) is 5.10 Å². The molecule has 1 aliphatic heterocycles. The maximum Gasteiger partial charge on any atom is 0.0881 e. The van der Waals surface area contributed by atoms with E-state index in [1.54, 1.807) is 0 Å². The Morgan fingerprint density at radius 3 is 3.10 bits per heavy atom. The lowest BCUT2D eigenvalue weighted by atomic mass is 10.1. The fourth-order valence-electron chi connectivity index (χ4n) is 2.86. The molecule has 4 rings (SSSR count). The summed E-state index contributed by atoms with van der Waals surface area (Å²) in [6.07, 6.45) is 2.97. The minimum Gasteiger partial charge on any atom is -0.384 e. The molecule has 0 radical (unpaired) electrons. The van der Waals surface area contributed by atoms with E-state index < -0.39 is 0 Å². The first-order valence-corrected chi connectivity index (χ1v) is 6.92. The van der Waals surface area contributed by atoms with Crippen LogP contribution in [0.5, 0.6) is 0 Å². The van der Waals surface area contributed by atoms with Gasteiger partial charge in [0.15, 0.2) is 0 Å². The van der Waals surface area contributed by atoms with Crippen molar-refractivity contribution in [2.24, 2.45) is 0 Å². The number of aromatic amines is 1. The van der Waals surface area contributed by atoms with Gasteiger partial charge in [-0.2, -0.15) is 5.10 Å². The zero-order valence-corrected chi connectivity index (χ0v) is 11.1. The van der Waals surface area contributed by atoms with Crippen LogP contribution in [0.4, 0.5) is 11.4 Å². The number of H-pyrrole nitrogens is 1. The minimum atomic E-state index is 0.814.